The van der Waals surface area contributed by atoms with Crippen LogP contribution >= 0.6 is 11.3 Å². The van der Waals surface area contributed by atoms with E-state index in [-0.39, 0.29) is 0 Å². The summed E-state index contributed by atoms with van der Waals surface area (Å²) in [5, 5.41) is 4.44. The van der Waals surface area contributed by atoms with Crippen LogP contribution in [0.5, 0.6) is 0 Å². The van der Waals surface area contributed by atoms with Gasteiger partial charge in [0.2, 0.25) is 5.95 Å². The predicted octanol–water partition coefficient (Wildman–Crippen LogP) is 2.48. The highest BCUT2D eigenvalue weighted by Gasteiger charge is 2.05. The molecule has 0 fully saturated rings. The second-order valence-electron chi connectivity index (χ2n) is 5.04. The Morgan fingerprint density at radius 1 is 1.24 bits per heavy atom. The highest BCUT2D eigenvalue weighted by Crippen LogP contribution is 2.17. The van der Waals surface area contributed by atoms with Crippen LogP contribution in [-0.4, -0.2) is 31.0 Å². The van der Waals surface area contributed by atoms with Gasteiger partial charge in [-0.3, -0.25) is 0 Å². The summed E-state index contributed by atoms with van der Waals surface area (Å²) in [7, 11) is 1.93. The highest BCUT2D eigenvalue weighted by atomic mass is 32.1. The first kappa shape index (κ1) is 13.9. The van der Waals surface area contributed by atoms with Gasteiger partial charge >= 0.3 is 0 Å². The van der Waals surface area contributed by atoms with Crippen molar-refractivity contribution in [1.82, 2.24) is 24.5 Å². The molecule has 21 heavy (non-hydrogen) atoms. The number of nitrogens with one attached hydrogen (secondary N) is 1. The van der Waals surface area contributed by atoms with Crippen molar-refractivity contribution in [3.05, 3.63) is 28.1 Å². The zero-order valence-corrected chi connectivity index (χ0v) is 13.2. The van der Waals surface area contributed by atoms with E-state index in [0.29, 0.717) is 5.95 Å². The number of thiazole rings is 1. The smallest absolute Gasteiger partial charge is 0.224 e. The third-order valence-electron chi connectivity index (χ3n) is 3.41. The molecule has 0 aliphatic carbocycles. The van der Waals surface area contributed by atoms with Crippen molar-refractivity contribution in [3.63, 3.8) is 0 Å². The number of fused-ring (bicyclic) bond motifs is 1. The lowest BCUT2D eigenvalue weighted by atomic mass is 10.3. The summed E-state index contributed by atoms with van der Waals surface area (Å²) in [6.07, 6.45) is 5.54. The number of nitrogens with zero attached hydrogens (tertiary/aromatic N) is 5. The average Bonchev–Trinajstić information content (AvgIpc) is 2.99. The fraction of sp³-hybridized carbons (Fsp3) is 0.429. The van der Waals surface area contributed by atoms with Gasteiger partial charge in [-0.25, -0.2) is 15.0 Å². The molecule has 0 unspecified atom stereocenters. The van der Waals surface area contributed by atoms with E-state index in [0.717, 1.165) is 36.2 Å². The van der Waals surface area contributed by atoms with Gasteiger partial charge in [0.05, 0.1) is 23.2 Å². The first-order chi connectivity index (χ1) is 10.1. The van der Waals surface area contributed by atoms with Crippen LogP contribution in [-0.2, 0) is 13.5 Å². The fourth-order valence-corrected chi connectivity index (χ4v) is 3.06. The number of hydrogen-bond donors (Lipinski definition) is 1. The van der Waals surface area contributed by atoms with Crippen molar-refractivity contribution in [2.75, 3.05) is 11.9 Å². The molecule has 3 aromatic heterocycles. The van der Waals surface area contributed by atoms with Crippen LogP contribution in [0.2, 0.25) is 0 Å². The normalized spacial score (nSPS) is 11.2. The molecular weight excluding hydrogens is 284 g/mol. The fourth-order valence-electron chi connectivity index (χ4n) is 2.08. The van der Waals surface area contributed by atoms with E-state index < -0.39 is 0 Å². The minimum Gasteiger partial charge on any atom is -0.354 e. The van der Waals surface area contributed by atoms with E-state index in [1.165, 1.54) is 9.88 Å². The lowest BCUT2D eigenvalue weighted by Crippen LogP contribution is -2.06. The van der Waals surface area contributed by atoms with Crippen molar-refractivity contribution in [2.45, 2.75) is 26.7 Å². The van der Waals surface area contributed by atoms with E-state index in [1.54, 1.807) is 23.9 Å². The largest absolute Gasteiger partial charge is 0.354 e. The van der Waals surface area contributed by atoms with Crippen molar-refractivity contribution >= 4 is 28.4 Å². The molecule has 3 heterocycles. The van der Waals surface area contributed by atoms with E-state index in [4.69, 9.17) is 0 Å². The van der Waals surface area contributed by atoms with Gasteiger partial charge < -0.3 is 9.88 Å². The van der Waals surface area contributed by atoms with Crippen LogP contribution in [0.3, 0.4) is 0 Å². The maximum absolute atomic E-state index is 4.55. The standard InChI is InChI=1S/C14H18N6S/c1-9-10(2)21-12(18-9)5-4-6-15-14-16-7-11-13(19-14)17-8-20(11)3/h7-8H,4-6H2,1-3H3,(H,15,16,19). The third-order valence-corrected chi connectivity index (χ3v) is 4.54. The minimum atomic E-state index is 0.632. The topological polar surface area (TPSA) is 68.5 Å². The zero-order valence-electron chi connectivity index (χ0n) is 12.4. The third kappa shape index (κ3) is 3.02. The van der Waals surface area contributed by atoms with Gasteiger partial charge in [0.1, 0.15) is 5.52 Å². The highest BCUT2D eigenvalue weighted by molar-refractivity contribution is 7.11. The molecule has 3 aromatic rings. The van der Waals surface area contributed by atoms with Crippen molar-refractivity contribution in [3.8, 4) is 0 Å². The number of anilines is 1. The van der Waals surface area contributed by atoms with E-state index >= 15 is 0 Å². The number of rotatable bonds is 5. The zero-order chi connectivity index (χ0) is 14.8. The van der Waals surface area contributed by atoms with Gasteiger partial charge in [0.15, 0.2) is 5.65 Å². The number of hydrogen-bond acceptors (Lipinski definition) is 6. The van der Waals surface area contributed by atoms with Crippen LogP contribution in [0.1, 0.15) is 22.0 Å². The Balaban J connectivity index is 1.54. The molecule has 0 aliphatic heterocycles. The quantitative estimate of drug-likeness (QED) is 0.733. The Kier molecular flexibility index (Phi) is 3.83. The summed E-state index contributed by atoms with van der Waals surface area (Å²) in [6.45, 7) is 5.00. The Bertz CT molecular complexity index is 741. The molecule has 3 rings (SSSR count). The Labute approximate surface area is 127 Å². The summed E-state index contributed by atoms with van der Waals surface area (Å²) in [4.78, 5) is 18.8. The SMILES string of the molecule is Cc1nc(CCCNc2ncc3c(ncn3C)n2)sc1C. The van der Waals surface area contributed by atoms with Gasteiger partial charge in [-0.05, 0) is 20.3 Å². The van der Waals surface area contributed by atoms with Gasteiger partial charge in [-0.1, -0.05) is 0 Å². The van der Waals surface area contributed by atoms with Gasteiger partial charge in [0, 0.05) is 24.9 Å². The summed E-state index contributed by atoms with van der Waals surface area (Å²) in [6, 6.07) is 0. The minimum absolute atomic E-state index is 0.632. The lowest BCUT2D eigenvalue weighted by Gasteiger charge is -2.03. The lowest BCUT2D eigenvalue weighted by molar-refractivity contribution is 0.843. The van der Waals surface area contributed by atoms with Crippen LogP contribution < -0.4 is 5.32 Å². The van der Waals surface area contributed by atoms with E-state index in [1.807, 2.05) is 11.6 Å². The van der Waals surface area contributed by atoms with Crippen LogP contribution in [0.25, 0.3) is 11.2 Å². The molecule has 110 valence electrons. The van der Waals surface area contributed by atoms with Gasteiger partial charge in [0.25, 0.3) is 0 Å². The molecular formula is C14H18N6S. The van der Waals surface area contributed by atoms with Crippen LogP contribution in [0.15, 0.2) is 12.5 Å². The molecule has 0 aliphatic rings. The summed E-state index contributed by atoms with van der Waals surface area (Å²) < 4.78 is 1.91. The molecule has 0 saturated heterocycles. The molecule has 0 saturated carbocycles. The maximum Gasteiger partial charge on any atom is 0.224 e. The molecule has 0 aromatic carbocycles. The first-order valence-corrected chi connectivity index (χ1v) is 7.76. The van der Waals surface area contributed by atoms with Crippen LogP contribution in [0.4, 0.5) is 5.95 Å². The number of aryl methyl sites for hydroxylation is 4. The monoisotopic (exact) mass is 302 g/mol. The first-order valence-electron chi connectivity index (χ1n) is 6.94. The van der Waals surface area contributed by atoms with Gasteiger partial charge in [-0.2, -0.15) is 4.98 Å². The van der Waals surface area contributed by atoms with E-state index in [2.05, 4.69) is 39.1 Å². The molecule has 0 amide bonds. The Morgan fingerprint density at radius 3 is 2.86 bits per heavy atom. The molecule has 0 radical (unpaired) electrons. The summed E-state index contributed by atoms with van der Waals surface area (Å²) in [5.74, 6) is 0.632. The van der Waals surface area contributed by atoms with Crippen LogP contribution in [0, 0.1) is 13.8 Å². The maximum atomic E-state index is 4.55. The van der Waals surface area contributed by atoms with Crippen molar-refractivity contribution in [1.29, 1.82) is 0 Å². The average molecular weight is 302 g/mol. The summed E-state index contributed by atoms with van der Waals surface area (Å²) >= 11 is 1.78. The van der Waals surface area contributed by atoms with Crippen molar-refractivity contribution in [2.24, 2.45) is 7.05 Å². The Hall–Kier alpha value is -2.02. The second-order valence-corrected chi connectivity index (χ2v) is 6.33. The van der Waals surface area contributed by atoms with Crippen molar-refractivity contribution < 1.29 is 0 Å². The molecule has 1 N–H and O–H groups in total. The summed E-state index contributed by atoms with van der Waals surface area (Å²) in [5.41, 5.74) is 2.81. The molecule has 0 spiro atoms. The Morgan fingerprint density at radius 2 is 2.10 bits per heavy atom. The molecule has 6 nitrogen and oxygen atoms in total. The predicted molar refractivity (Wildman–Crippen MR) is 84.7 cm³/mol. The van der Waals surface area contributed by atoms with Gasteiger partial charge in [-0.15, -0.1) is 11.3 Å². The molecule has 0 atom stereocenters. The number of aromatic nitrogens is 5. The molecule has 7 heteroatoms. The number of imidazole rings is 1. The second kappa shape index (κ2) is 5.77. The molecule has 0 bridgehead atoms. The van der Waals surface area contributed by atoms with E-state index in [9.17, 15) is 0 Å².